The predicted octanol–water partition coefficient (Wildman–Crippen LogP) is 20.5. The van der Waals surface area contributed by atoms with Gasteiger partial charge in [0.15, 0.2) is 0 Å². The van der Waals surface area contributed by atoms with E-state index in [0.29, 0.717) is 0 Å². The van der Waals surface area contributed by atoms with Gasteiger partial charge in [0.25, 0.3) is 0 Å². The average molecular weight is 1070 g/mol. The van der Waals surface area contributed by atoms with Crippen molar-refractivity contribution in [3.8, 4) is 55.9 Å². The standard InChI is InChI=1S/C76H46N2Se/c1-3-21-49(22-4-1)77-67-39-17-15-25-51(67)62-35-19-37-64(75(62)77)73-58-31-11-7-27-54(58)71(55-28-8-12-32-59(55)73)47-42-44-69-66(45-47)53-43-41-48(46-70(53)79-69)72-56-29-9-13-33-60(56)74(61-34-14-10-30-57(61)72)65-38-20-36-63-52-26-16-18-40-68(52)78(76(63)65)50-23-5-2-6-24-50/h1-46H. The van der Waals surface area contributed by atoms with Gasteiger partial charge in [-0.15, -0.1) is 0 Å². The topological polar surface area (TPSA) is 9.86 Å². The summed E-state index contributed by atoms with van der Waals surface area (Å²) in [5.41, 5.74) is 17.3. The van der Waals surface area contributed by atoms with Crippen LogP contribution >= 0.6 is 0 Å². The first kappa shape index (κ1) is 44.4. The van der Waals surface area contributed by atoms with E-state index in [4.69, 9.17) is 0 Å². The van der Waals surface area contributed by atoms with Crippen LogP contribution in [0.4, 0.5) is 0 Å². The number of benzene rings is 14. The quantitative estimate of drug-likeness (QED) is 0.116. The molecule has 0 radical (unpaired) electrons. The van der Waals surface area contributed by atoms with Gasteiger partial charge < -0.3 is 0 Å². The zero-order valence-corrected chi connectivity index (χ0v) is 44.6. The molecule has 0 aliphatic carbocycles. The molecule has 0 N–H and O–H groups in total. The van der Waals surface area contributed by atoms with Crippen molar-refractivity contribution in [3.63, 3.8) is 0 Å². The van der Waals surface area contributed by atoms with Gasteiger partial charge in [0, 0.05) is 0 Å². The predicted molar refractivity (Wildman–Crippen MR) is 339 cm³/mol. The van der Waals surface area contributed by atoms with Crippen molar-refractivity contribution >= 4 is 120 Å². The van der Waals surface area contributed by atoms with Crippen molar-refractivity contribution in [1.29, 1.82) is 0 Å². The van der Waals surface area contributed by atoms with Gasteiger partial charge in [0.2, 0.25) is 0 Å². The number of aromatic nitrogens is 2. The second kappa shape index (κ2) is 17.4. The van der Waals surface area contributed by atoms with Crippen LogP contribution in [0.25, 0.3) is 162 Å². The minimum atomic E-state index is 0.134. The van der Waals surface area contributed by atoms with E-state index in [9.17, 15) is 0 Å². The summed E-state index contributed by atoms with van der Waals surface area (Å²) in [6, 6.07) is 104. The minimum absolute atomic E-state index is 0.134. The average Bonchev–Trinajstić information content (AvgIpc) is 4.37. The molecule has 0 atom stereocenters. The molecule has 0 aliphatic rings. The molecule has 14 aromatic carbocycles. The van der Waals surface area contributed by atoms with E-state index in [1.54, 1.807) is 0 Å². The van der Waals surface area contributed by atoms with Crippen LogP contribution in [0.2, 0.25) is 0 Å². The summed E-state index contributed by atoms with van der Waals surface area (Å²) in [6.45, 7) is 0. The molecule has 17 rings (SSSR count). The molecule has 0 saturated heterocycles. The Morgan fingerprint density at radius 2 is 0.570 bits per heavy atom. The van der Waals surface area contributed by atoms with E-state index < -0.39 is 0 Å². The van der Waals surface area contributed by atoms with Crippen LogP contribution in [0.3, 0.4) is 0 Å². The van der Waals surface area contributed by atoms with Gasteiger partial charge in [-0.25, -0.2) is 0 Å². The third kappa shape index (κ3) is 6.52. The van der Waals surface area contributed by atoms with E-state index in [1.165, 1.54) is 151 Å². The summed E-state index contributed by atoms with van der Waals surface area (Å²) in [7, 11) is 0. The second-order valence-corrected chi connectivity index (χ2v) is 23.3. The van der Waals surface area contributed by atoms with Gasteiger partial charge in [-0.05, 0) is 18.2 Å². The fourth-order valence-electron chi connectivity index (χ4n) is 13.7. The normalized spacial score (nSPS) is 12.1. The number of hydrogen-bond donors (Lipinski definition) is 0. The molecule has 17 aromatic rings. The smallest absolute Gasteiger partial charge is 0.0602 e. The second-order valence-electron chi connectivity index (χ2n) is 21.0. The zero-order valence-electron chi connectivity index (χ0n) is 42.9. The molecule has 3 heteroatoms. The molecule has 0 saturated carbocycles. The molecule has 366 valence electrons. The van der Waals surface area contributed by atoms with Crippen molar-refractivity contribution in [2.45, 2.75) is 0 Å². The number of para-hydroxylation sites is 6. The zero-order chi connectivity index (χ0) is 51.7. The van der Waals surface area contributed by atoms with Gasteiger partial charge in [0.05, 0.1) is 0 Å². The summed E-state index contributed by atoms with van der Waals surface area (Å²) >= 11 is 0.134. The van der Waals surface area contributed by atoms with E-state index in [-0.39, 0.29) is 14.5 Å². The summed E-state index contributed by atoms with van der Waals surface area (Å²) in [5, 5.41) is 17.8. The Bertz CT molecular complexity index is 5250. The van der Waals surface area contributed by atoms with Crippen LogP contribution < -0.4 is 0 Å². The maximum absolute atomic E-state index is 2.52. The molecule has 0 amide bonds. The van der Waals surface area contributed by atoms with E-state index in [1.807, 2.05) is 0 Å². The molecule has 3 heterocycles. The number of nitrogens with zero attached hydrogens (tertiary/aromatic N) is 2. The van der Waals surface area contributed by atoms with Crippen LogP contribution in [0.1, 0.15) is 0 Å². The van der Waals surface area contributed by atoms with Gasteiger partial charge in [0.1, 0.15) is 0 Å². The van der Waals surface area contributed by atoms with Gasteiger partial charge >= 0.3 is 380 Å². The Hall–Kier alpha value is -9.76. The van der Waals surface area contributed by atoms with Gasteiger partial charge in [-0.3, -0.25) is 0 Å². The molecule has 0 unspecified atom stereocenters. The van der Waals surface area contributed by atoms with Crippen LogP contribution in [-0.2, 0) is 0 Å². The first-order chi connectivity index (χ1) is 39.2. The van der Waals surface area contributed by atoms with Crippen molar-refractivity contribution in [1.82, 2.24) is 9.13 Å². The van der Waals surface area contributed by atoms with Gasteiger partial charge in [-0.1, -0.05) is 66.7 Å². The summed E-state index contributed by atoms with van der Waals surface area (Å²) in [6.07, 6.45) is 0. The van der Waals surface area contributed by atoms with Crippen molar-refractivity contribution in [3.05, 3.63) is 279 Å². The monoisotopic (exact) mass is 1070 g/mol. The molecule has 0 spiro atoms. The van der Waals surface area contributed by atoms with Crippen LogP contribution in [-0.4, -0.2) is 23.6 Å². The fourth-order valence-corrected chi connectivity index (χ4v) is 16.0. The molecule has 0 fully saturated rings. The molecule has 0 bridgehead atoms. The van der Waals surface area contributed by atoms with Crippen molar-refractivity contribution in [2.75, 3.05) is 0 Å². The maximum atomic E-state index is 2.52. The third-order valence-electron chi connectivity index (χ3n) is 16.9. The molecule has 79 heavy (non-hydrogen) atoms. The first-order valence-electron chi connectivity index (χ1n) is 27.2. The number of rotatable bonds is 6. The number of hydrogen-bond acceptors (Lipinski definition) is 0. The van der Waals surface area contributed by atoms with Crippen molar-refractivity contribution in [2.24, 2.45) is 0 Å². The Morgan fingerprint density at radius 1 is 0.215 bits per heavy atom. The Labute approximate surface area is 461 Å². The fraction of sp³-hybridized carbons (Fsp3) is 0. The minimum Gasteiger partial charge on any atom is -0.0602 e. The molecule has 3 aromatic heterocycles. The summed E-state index contributed by atoms with van der Waals surface area (Å²) in [4.78, 5) is 0. The van der Waals surface area contributed by atoms with Crippen molar-refractivity contribution < 1.29 is 0 Å². The molecule has 0 aliphatic heterocycles. The van der Waals surface area contributed by atoms with E-state index in [0.717, 1.165) is 11.4 Å². The molecular weight excluding hydrogens is 1020 g/mol. The van der Waals surface area contributed by atoms with E-state index >= 15 is 0 Å². The number of fused-ring (bicyclic) bond motifs is 13. The van der Waals surface area contributed by atoms with Crippen LogP contribution in [0.15, 0.2) is 279 Å². The first-order valence-corrected chi connectivity index (χ1v) is 29.0. The Morgan fingerprint density at radius 3 is 1.01 bits per heavy atom. The SMILES string of the molecule is c1ccc(-n2c3ccccc3c3cccc(-c4c5ccccc5c(-c5ccc6c(c5)[se]c5ccc(-c7c8ccccc8c(-c8cccc9c%10ccccc%10n(-c%10ccccc%10)c89)c8ccccc78)cc56)c5ccccc45)c32)cc1. The summed E-state index contributed by atoms with van der Waals surface area (Å²) < 4.78 is 7.80. The third-order valence-corrected chi connectivity index (χ3v) is 19.2. The van der Waals surface area contributed by atoms with Crippen LogP contribution in [0.5, 0.6) is 0 Å². The molecule has 2 nitrogen and oxygen atoms in total. The molecular formula is C76H46N2Se. The Balaban J connectivity index is 0.850. The van der Waals surface area contributed by atoms with Crippen LogP contribution in [0, 0.1) is 0 Å². The Kier molecular flexibility index (Phi) is 9.76. The van der Waals surface area contributed by atoms with Gasteiger partial charge in [-0.2, -0.15) is 0 Å². The van der Waals surface area contributed by atoms with E-state index in [2.05, 4.69) is 288 Å². The summed E-state index contributed by atoms with van der Waals surface area (Å²) in [5.74, 6) is 0.